The maximum atomic E-state index is 9.71. The molecule has 0 heterocycles. The van der Waals surface area contributed by atoms with Gasteiger partial charge in [-0.05, 0) is 41.9 Å². The number of rotatable bonds is 6. The summed E-state index contributed by atoms with van der Waals surface area (Å²) in [7, 11) is 0. The van der Waals surface area contributed by atoms with Crippen molar-refractivity contribution in [3.63, 3.8) is 0 Å². The van der Waals surface area contributed by atoms with Crippen molar-refractivity contribution in [2.24, 2.45) is 5.73 Å². The number of hydrogen-bond donors (Lipinski definition) is 2. The number of aliphatic hydroxyl groups is 1. The first kappa shape index (κ1) is 17.0. The van der Waals surface area contributed by atoms with Gasteiger partial charge in [-0.2, -0.15) is 0 Å². The molecule has 3 N–H and O–H groups in total. The first-order chi connectivity index (χ1) is 9.29. The third-order valence-corrected chi connectivity index (χ3v) is 3.58. The molecule has 0 saturated carbocycles. The maximum Gasteiger partial charge on any atom is 0.123 e. The topological polar surface area (TPSA) is 55.5 Å². The van der Waals surface area contributed by atoms with Crippen LogP contribution >= 0.6 is 0 Å². The van der Waals surface area contributed by atoms with Crippen LogP contribution in [-0.2, 0) is 5.41 Å². The van der Waals surface area contributed by atoms with Gasteiger partial charge in [-0.15, -0.1) is 0 Å². The first-order valence-corrected chi connectivity index (χ1v) is 7.45. The van der Waals surface area contributed by atoms with Crippen LogP contribution in [0.1, 0.15) is 58.1 Å². The number of benzene rings is 1. The second-order valence-electron chi connectivity index (χ2n) is 6.46. The average Bonchev–Trinajstić information content (AvgIpc) is 2.38. The van der Waals surface area contributed by atoms with Gasteiger partial charge in [-0.3, -0.25) is 0 Å². The second kappa shape index (κ2) is 7.09. The van der Waals surface area contributed by atoms with Crippen LogP contribution in [0.3, 0.4) is 0 Å². The van der Waals surface area contributed by atoms with E-state index in [1.54, 1.807) is 0 Å². The van der Waals surface area contributed by atoms with E-state index in [0.717, 1.165) is 5.75 Å². The minimum Gasteiger partial charge on any atom is -0.494 e. The fourth-order valence-corrected chi connectivity index (χ4v) is 2.36. The predicted molar refractivity (Wildman–Crippen MR) is 84.4 cm³/mol. The number of hydrogen-bond acceptors (Lipinski definition) is 3. The molecule has 0 saturated heterocycles. The molecule has 1 rings (SSSR count). The van der Waals surface area contributed by atoms with Gasteiger partial charge in [0.25, 0.3) is 0 Å². The Labute approximate surface area is 123 Å². The van der Waals surface area contributed by atoms with Crippen LogP contribution in [0, 0.1) is 0 Å². The van der Waals surface area contributed by atoms with Gasteiger partial charge in [0.05, 0.1) is 12.7 Å². The third-order valence-electron chi connectivity index (χ3n) is 3.58. The molecule has 3 nitrogen and oxygen atoms in total. The molecular weight excluding hydrogens is 250 g/mol. The lowest BCUT2D eigenvalue weighted by Crippen LogP contribution is -2.21. The summed E-state index contributed by atoms with van der Waals surface area (Å²) in [6.45, 7) is 11.7. The van der Waals surface area contributed by atoms with E-state index in [-0.39, 0.29) is 11.3 Å². The first-order valence-electron chi connectivity index (χ1n) is 7.45. The van der Waals surface area contributed by atoms with Crippen molar-refractivity contribution in [1.82, 2.24) is 0 Å². The Morgan fingerprint density at radius 3 is 2.45 bits per heavy atom. The summed E-state index contributed by atoms with van der Waals surface area (Å²) in [6, 6.07) is 6.35. The fourth-order valence-electron chi connectivity index (χ4n) is 2.36. The van der Waals surface area contributed by atoms with E-state index in [1.807, 2.05) is 13.0 Å². The van der Waals surface area contributed by atoms with Crippen molar-refractivity contribution in [2.45, 2.75) is 58.5 Å². The van der Waals surface area contributed by atoms with E-state index in [4.69, 9.17) is 10.5 Å². The molecule has 0 aromatic heterocycles. The SMILES string of the molecule is CCOc1ccc(C(C)CC(O)CN)cc1C(C)(C)C. The smallest absolute Gasteiger partial charge is 0.123 e. The normalized spacial score (nSPS) is 14.9. The van der Waals surface area contributed by atoms with Crippen LogP contribution in [-0.4, -0.2) is 24.4 Å². The van der Waals surface area contributed by atoms with Gasteiger partial charge in [0.1, 0.15) is 5.75 Å². The Bertz CT molecular complexity index is 423. The molecule has 2 atom stereocenters. The molecule has 0 amide bonds. The quantitative estimate of drug-likeness (QED) is 0.841. The lowest BCUT2D eigenvalue weighted by molar-refractivity contribution is 0.165. The fraction of sp³-hybridized carbons (Fsp3) is 0.647. The molecule has 20 heavy (non-hydrogen) atoms. The Morgan fingerprint density at radius 1 is 1.30 bits per heavy atom. The largest absolute Gasteiger partial charge is 0.494 e. The summed E-state index contributed by atoms with van der Waals surface area (Å²) in [5.74, 6) is 1.24. The zero-order valence-corrected chi connectivity index (χ0v) is 13.4. The molecule has 0 aliphatic rings. The van der Waals surface area contributed by atoms with Gasteiger partial charge in [0.2, 0.25) is 0 Å². The maximum absolute atomic E-state index is 9.71. The van der Waals surface area contributed by atoms with Crippen LogP contribution < -0.4 is 10.5 Å². The van der Waals surface area contributed by atoms with E-state index >= 15 is 0 Å². The van der Waals surface area contributed by atoms with E-state index in [1.165, 1.54) is 11.1 Å². The zero-order chi connectivity index (χ0) is 15.3. The summed E-state index contributed by atoms with van der Waals surface area (Å²) >= 11 is 0. The van der Waals surface area contributed by atoms with E-state index in [9.17, 15) is 5.11 Å². The van der Waals surface area contributed by atoms with E-state index < -0.39 is 6.10 Å². The van der Waals surface area contributed by atoms with Crippen LogP contribution in [0.5, 0.6) is 5.75 Å². The Morgan fingerprint density at radius 2 is 1.95 bits per heavy atom. The molecule has 0 spiro atoms. The van der Waals surface area contributed by atoms with Gasteiger partial charge >= 0.3 is 0 Å². The van der Waals surface area contributed by atoms with Crippen molar-refractivity contribution in [1.29, 1.82) is 0 Å². The highest BCUT2D eigenvalue weighted by atomic mass is 16.5. The lowest BCUT2D eigenvalue weighted by Gasteiger charge is -2.25. The number of aliphatic hydroxyl groups excluding tert-OH is 1. The highest BCUT2D eigenvalue weighted by Crippen LogP contribution is 2.34. The van der Waals surface area contributed by atoms with Crippen molar-refractivity contribution in [3.8, 4) is 5.75 Å². The number of ether oxygens (including phenoxy) is 1. The predicted octanol–water partition coefficient (Wildman–Crippen LogP) is 3.20. The Hall–Kier alpha value is -1.06. The monoisotopic (exact) mass is 279 g/mol. The standard InChI is InChI=1S/C17H29NO2/c1-6-20-16-8-7-13(10-15(16)17(3,4)5)12(2)9-14(19)11-18/h7-8,10,12,14,19H,6,9,11,18H2,1-5H3. The lowest BCUT2D eigenvalue weighted by atomic mass is 9.83. The van der Waals surface area contributed by atoms with Gasteiger partial charge < -0.3 is 15.6 Å². The molecule has 0 radical (unpaired) electrons. The minimum atomic E-state index is -0.436. The third kappa shape index (κ3) is 4.50. The summed E-state index contributed by atoms with van der Waals surface area (Å²) in [4.78, 5) is 0. The molecule has 0 bridgehead atoms. The van der Waals surface area contributed by atoms with Crippen LogP contribution in [0.2, 0.25) is 0 Å². The summed E-state index contributed by atoms with van der Waals surface area (Å²) in [5.41, 5.74) is 7.97. The Balaban J connectivity index is 3.06. The van der Waals surface area contributed by atoms with Gasteiger partial charge in [-0.25, -0.2) is 0 Å². The number of nitrogens with two attached hydrogens (primary N) is 1. The Kier molecular flexibility index (Phi) is 6.03. The van der Waals surface area contributed by atoms with Crippen LogP contribution in [0.25, 0.3) is 0 Å². The van der Waals surface area contributed by atoms with Crippen molar-refractivity contribution in [2.75, 3.05) is 13.2 Å². The van der Waals surface area contributed by atoms with E-state index in [2.05, 4.69) is 39.8 Å². The molecule has 1 aromatic rings. The van der Waals surface area contributed by atoms with Gasteiger partial charge in [-0.1, -0.05) is 39.8 Å². The average molecular weight is 279 g/mol. The van der Waals surface area contributed by atoms with Crippen LogP contribution in [0.15, 0.2) is 18.2 Å². The molecule has 2 unspecified atom stereocenters. The molecule has 3 heteroatoms. The molecule has 0 aliphatic heterocycles. The summed E-state index contributed by atoms with van der Waals surface area (Å²) < 4.78 is 5.73. The van der Waals surface area contributed by atoms with Crippen molar-refractivity contribution in [3.05, 3.63) is 29.3 Å². The van der Waals surface area contributed by atoms with Gasteiger partial charge in [0, 0.05) is 6.54 Å². The molecular formula is C17H29NO2. The van der Waals surface area contributed by atoms with Crippen LogP contribution in [0.4, 0.5) is 0 Å². The molecule has 114 valence electrons. The van der Waals surface area contributed by atoms with Crippen molar-refractivity contribution >= 4 is 0 Å². The molecule has 0 fully saturated rings. The molecule has 0 aliphatic carbocycles. The van der Waals surface area contributed by atoms with E-state index in [0.29, 0.717) is 19.6 Å². The second-order valence-corrected chi connectivity index (χ2v) is 6.46. The highest BCUT2D eigenvalue weighted by Gasteiger charge is 2.21. The van der Waals surface area contributed by atoms with Gasteiger partial charge in [0.15, 0.2) is 0 Å². The summed E-state index contributed by atoms with van der Waals surface area (Å²) in [5, 5.41) is 9.71. The summed E-state index contributed by atoms with van der Waals surface area (Å²) in [6.07, 6.45) is 0.253. The highest BCUT2D eigenvalue weighted by molar-refractivity contribution is 5.42. The minimum absolute atomic E-state index is 0.0344. The molecule has 1 aromatic carbocycles. The zero-order valence-electron chi connectivity index (χ0n) is 13.4. The van der Waals surface area contributed by atoms with Crippen molar-refractivity contribution < 1.29 is 9.84 Å².